The lowest BCUT2D eigenvalue weighted by atomic mass is 9.91. The summed E-state index contributed by atoms with van der Waals surface area (Å²) in [6.07, 6.45) is 3.30. The van der Waals surface area contributed by atoms with Crippen molar-refractivity contribution in [2.45, 2.75) is 31.7 Å². The third-order valence-corrected chi connectivity index (χ3v) is 5.86. The van der Waals surface area contributed by atoms with Gasteiger partial charge in [0.15, 0.2) is 5.65 Å². The molecule has 4 aromatic rings. The second-order valence-electron chi connectivity index (χ2n) is 7.75. The van der Waals surface area contributed by atoms with Crippen LogP contribution >= 0.6 is 0 Å². The summed E-state index contributed by atoms with van der Waals surface area (Å²) in [5, 5.41) is 19.3. The van der Waals surface area contributed by atoms with E-state index in [9.17, 15) is 9.90 Å². The molecule has 0 bridgehead atoms. The molecule has 2 unspecified atom stereocenters. The van der Waals surface area contributed by atoms with Gasteiger partial charge in [0.05, 0.1) is 6.20 Å². The standard InChI is InChI=1S/C23H22N4O2/c1-14-10-21(18-8-9-20(23(28)29)24-12-18)26-22-19(13-25-27(14)22)17-7-6-15-4-2-3-5-16(15)11-17/h2-7,10-11,13,18,20,24H,8-9,12H2,1H3,(H,28,29). The van der Waals surface area contributed by atoms with Crippen molar-refractivity contribution >= 4 is 22.4 Å². The molecule has 1 fully saturated rings. The molecular weight excluding hydrogens is 364 g/mol. The molecule has 0 spiro atoms. The summed E-state index contributed by atoms with van der Waals surface area (Å²) < 4.78 is 1.88. The van der Waals surface area contributed by atoms with Crippen molar-refractivity contribution < 1.29 is 9.90 Å². The summed E-state index contributed by atoms with van der Waals surface area (Å²) in [6.45, 7) is 2.66. The summed E-state index contributed by atoms with van der Waals surface area (Å²) in [4.78, 5) is 16.2. The van der Waals surface area contributed by atoms with Crippen LogP contribution in [0.3, 0.4) is 0 Å². The Labute approximate surface area is 168 Å². The summed E-state index contributed by atoms with van der Waals surface area (Å²) in [5.74, 6) is -0.578. The number of nitrogens with one attached hydrogen (secondary N) is 1. The van der Waals surface area contributed by atoms with Gasteiger partial charge in [-0.3, -0.25) is 4.79 Å². The average Bonchev–Trinajstić information content (AvgIpc) is 3.18. The molecule has 2 atom stereocenters. The highest BCUT2D eigenvalue weighted by atomic mass is 16.4. The molecule has 0 radical (unpaired) electrons. The number of carboxylic acid groups (broad SMARTS) is 1. The molecule has 0 saturated carbocycles. The van der Waals surface area contributed by atoms with Crippen molar-refractivity contribution in [3.8, 4) is 11.1 Å². The highest BCUT2D eigenvalue weighted by Crippen LogP contribution is 2.30. The number of fused-ring (bicyclic) bond motifs is 2. The number of rotatable bonds is 3. The molecule has 6 nitrogen and oxygen atoms in total. The van der Waals surface area contributed by atoms with Crippen molar-refractivity contribution in [1.29, 1.82) is 0 Å². The van der Waals surface area contributed by atoms with Gasteiger partial charge in [-0.15, -0.1) is 0 Å². The van der Waals surface area contributed by atoms with Gasteiger partial charge in [-0.25, -0.2) is 9.50 Å². The Morgan fingerprint density at radius 2 is 1.97 bits per heavy atom. The number of aliphatic carboxylic acids is 1. The van der Waals surface area contributed by atoms with Crippen LogP contribution in [-0.4, -0.2) is 38.3 Å². The lowest BCUT2D eigenvalue weighted by Crippen LogP contribution is -2.43. The number of carbonyl (C=O) groups is 1. The Balaban J connectivity index is 1.55. The maximum atomic E-state index is 11.2. The van der Waals surface area contributed by atoms with Crippen LogP contribution in [0.5, 0.6) is 0 Å². The Morgan fingerprint density at radius 3 is 2.72 bits per heavy atom. The van der Waals surface area contributed by atoms with Crippen LogP contribution in [0, 0.1) is 6.92 Å². The molecule has 1 aliphatic heterocycles. The maximum Gasteiger partial charge on any atom is 0.320 e. The summed E-state index contributed by atoms with van der Waals surface area (Å²) in [7, 11) is 0. The van der Waals surface area contributed by atoms with E-state index in [1.165, 1.54) is 10.8 Å². The van der Waals surface area contributed by atoms with Crippen LogP contribution in [0.2, 0.25) is 0 Å². The van der Waals surface area contributed by atoms with Gasteiger partial charge < -0.3 is 10.4 Å². The highest BCUT2D eigenvalue weighted by molar-refractivity contribution is 5.89. The first kappa shape index (κ1) is 17.8. The van der Waals surface area contributed by atoms with E-state index in [0.717, 1.165) is 34.6 Å². The number of piperidine rings is 1. The molecular formula is C23H22N4O2. The summed E-state index contributed by atoms with van der Waals surface area (Å²) in [6, 6.07) is 16.3. The number of hydrogen-bond donors (Lipinski definition) is 2. The number of aryl methyl sites for hydroxylation is 1. The molecule has 146 valence electrons. The molecule has 2 N–H and O–H groups in total. The molecule has 1 aliphatic rings. The lowest BCUT2D eigenvalue weighted by Gasteiger charge is -2.27. The van der Waals surface area contributed by atoms with Gasteiger partial charge in [0, 0.05) is 29.4 Å². The number of carboxylic acids is 1. The van der Waals surface area contributed by atoms with Crippen molar-refractivity contribution in [3.63, 3.8) is 0 Å². The zero-order chi connectivity index (χ0) is 20.0. The normalized spacial score (nSPS) is 19.6. The van der Waals surface area contributed by atoms with E-state index in [2.05, 4.69) is 46.8 Å². The van der Waals surface area contributed by atoms with Crippen LogP contribution in [0.15, 0.2) is 54.7 Å². The van der Waals surface area contributed by atoms with E-state index < -0.39 is 12.0 Å². The third kappa shape index (κ3) is 3.15. The van der Waals surface area contributed by atoms with Crippen LogP contribution in [-0.2, 0) is 4.79 Å². The Kier molecular flexibility index (Phi) is 4.28. The SMILES string of the molecule is Cc1cc(C2CCC(C(=O)O)NC2)nc2c(-c3ccc4ccccc4c3)cnn12. The fraction of sp³-hybridized carbons (Fsp3) is 0.261. The molecule has 2 aromatic carbocycles. The van der Waals surface area contributed by atoms with Crippen LogP contribution in [0.4, 0.5) is 0 Å². The molecule has 3 heterocycles. The number of benzene rings is 2. The molecule has 6 heteroatoms. The molecule has 29 heavy (non-hydrogen) atoms. The predicted octanol–water partition coefficient (Wildman–Crippen LogP) is 3.78. The topological polar surface area (TPSA) is 79.5 Å². The van der Waals surface area contributed by atoms with Crippen LogP contribution in [0.1, 0.15) is 30.1 Å². The van der Waals surface area contributed by atoms with Gasteiger partial charge in [-0.1, -0.05) is 36.4 Å². The molecule has 1 saturated heterocycles. The highest BCUT2D eigenvalue weighted by Gasteiger charge is 2.27. The van der Waals surface area contributed by atoms with E-state index in [0.29, 0.717) is 13.0 Å². The smallest absolute Gasteiger partial charge is 0.320 e. The number of hydrogen-bond acceptors (Lipinski definition) is 4. The summed E-state index contributed by atoms with van der Waals surface area (Å²) in [5.41, 5.74) is 4.96. The molecule has 0 aliphatic carbocycles. The van der Waals surface area contributed by atoms with E-state index in [-0.39, 0.29) is 5.92 Å². The Morgan fingerprint density at radius 1 is 1.14 bits per heavy atom. The lowest BCUT2D eigenvalue weighted by molar-refractivity contribution is -0.140. The number of aromatic nitrogens is 3. The first-order valence-electron chi connectivity index (χ1n) is 9.91. The minimum atomic E-state index is -0.780. The third-order valence-electron chi connectivity index (χ3n) is 5.86. The molecule has 0 amide bonds. The van der Waals surface area contributed by atoms with E-state index in [4.69, 9.17) is 4.98 Å². The van der Waals surface area contributed by atoms with Crippen molar-refractivity contribution in [3.05, 3.63) is 66.1 Å². The van der Waals surface area contributed by atoms with Gasteiger partial charge in [0.25, 0.3) is 0 Å². The van der Waals surface area contributed by atoms with Crippen molar-refractivity contribution in [2.24, 2.45) is 0 Å². The zero-order valence-corrected chi connectivity index (χ0v) is 16.2. The van der Waals surface area contributed by atoms with E-state index in [1.807, 2.05) is 29.8 Å². The van der Waals surface area contributed by atoms with Gasteiger partial charge in [0.1, 0.15) is 6.04 Å². The predicted molar refractivity (Wildman–Crippen MR) is 112 cm³/mol. The quantitative estimate of drug-likeness (QED) is 0.560. The zero-order valence-electron chi connectivity index (χ0n) is 16.2. The van der Waals surface area contributed by atoms with Crippen molar-refractivity contribution in [1.82, 2.24) is 19.9 Å². The second-order valence-corrected chi connectivity index (χ2v) is 7.75. The van der Waals surface area contributed by atoms with Gasteiger partial charge in [-0.2, -0.15) is 5.10 Å². The maximum absolute atomic E-state index is 11.2. The Hall–Kier alpha value is -3.25. The minimum absolute atomic E-state index is 0.202. The van der Waals surface area contributed by atoms with E-state index in [1.54, 1.807) is 0 Å². The monoisotopic (exact) mass is 386 g/mol. The van der Waals surface area contributed by atoms with Gasteiger partial charge in [0.2, 0.25) is 0 Å². The largest absolute Gasteiger partial charge is 0.480 e. The second kappa shape index (κ2) is 6.97. The first-order chi connectivity index (χ1) is 14.1. The first-order valence-corrected chi connectivity index (χ1v) is 9.91. The van der Waals surface area contributed by atoms with Gasteiger partial charge in [-0.05, 0) is 48.2 Å². The fourth-order valence-electron chi connectivity index (χ4n) is 4.23. The minimum Gasteiger partial charge on any atom is -0.480 e. The number of nitrogens with zero attached hydrogens (tertiary/aromatic N) is 3. The van der Waals surface area contributed by atoms with Crippen molar-refractivity contribution in [2.75, 3.05) is 6.54 Å². The molecule has 5 rings (SSSR count). The van der Waals surface area contributed by atoms with Gasteiger partial charge >= 0.3 is 5.97 Å². The summed E-state index contributed by atoms with van der Waals surface area (Å²) >= 11 is 0. The average molecular weight is 386 g/mol. The fourth-order valence-corrected chi connectivity index (χ4v) is 4.23. The Bertz CT molecular complexity index is 1220. The molecule has 2 aromatic heterocycles. The van der Waals surface area contributed by atoms with Crippen LogP contribution in [0.25, 0.3) is 27.5 Å². The van der Waals surface area contributed by atoms with Crippen LogP contribution < -0.4 is 5.32 Å². The van der Waals surface area contributed by atoms with E-state index >= 15 is 0 Å².